The van der Waals surface area contributed by atoms with Crippen molar-refractivity contribution in [3.63, 3.8) is 0 Å². The molecule has 1 saturated heterocycles. The van der Waals surface area contributed by atoms with E-state index >= 15 is 0 Å². The molecule has 2 aliphatic rings. The van der Waals surface area contributed by atoms with Crippen LogP contribution in [0, 0.1) is 11.7 Å². The number of rotatable bonds is 5. The molecule has 4 rings (SSSR count). The summed E-state index contributed by atoms with van der Waals surface area (Å²) in [5.74, 6) is 0.224. The topological polar surface area (TPSA) is 62.8 Å². The van der Waals surface area contributed by atoms with Gasteiger partial charge in [0.15, 0.2) is 11.5 Å². The summed E-state index contributed by atoms with van der Waals surface area (Å²) >= 11 is 0. The maximum Gasteiger partial charge on any atom is 0.419 e. The molecule has 6 nitrogen and oxygen atoms in total. The molecule has 35 heavy (non-hydrogen) atoms. The molecule has 1 heterocycles. The SMILES string of the molecule is COc1ccc([C@@]23CC[C@@H](NC(=O)Nc4ccc(F)c(C(F)(F)F)c4)C[C@@H]2CN(C)C3)cc1OC. The molecule has 0 spiro atoms. The number of halogens is 4. The largest absolute Gasteiger partial charge is 0.493 e. The number of likely N-dealkylation sites (N-methyl/N-ethyl adjacent to an activating group) is 1. The Bertz CT molecular complexity index is 1090. The maximum atomic E-state index is 13.5. The van der Waals surface area contributed by atoms with E-state index in [4.69, 9.17) is 9.47 Å². The second-order valence-electron chi connectivity index (χ2n) is 9.38. The number of fused-ring (bicyclic) bond motifs is 1. The first-order valence-corrected chi connectivity index (χ1v) is 11.4. The smallest absolute Gasteiger partial charge is 0.419 e. The predicted molar refractivity (Wildman–Crippen MR) is 123 cm³/mol. The zero-order chi connectivity index (χ0) is 25.4. The summed E-state index contributed by atoms with van der Waals surface area (Å²) in [6.07, 6.45) is -2.58. The van der Waals surface area contributed by atoms with Crippen molar-refractivity contribution in [1.82, 2.24) is 10.2 Å². The molecule has 10 heteroatoms. The summed E-state index contributed by atoms with van der Waals surface area (Å²) in [5, 5.41) is 5.30. The number of likely N-dealkylation sites (tertiary alicyclic amines) is 1. The number of benzene rings is 2. The number of carbonyl (C=O) groups is 1. The van der Waals surface area contributed by atoms with Crippen LogP contribution in [0.3, 0.4) is 0 Å². The molecule has 2 aromatic rings. The van der Waals surface area contributed by atoms with Crippen molar-refractivity contribution in [3.05, 3.63) is 53.3 Å². The minimum absolute atomic E-state index is 0.0957. The zero-order valence-electron chi connectivity index (χ0n) is 19.8. The van der Waals surface area contributed by atoms with E-state index in [1.807, 2.05) is 12.1 Å². The average molecular weight is 496 g/mol. The fourth-order valence-electron chi connectivity index (χ4n) is 5.62. The lowest BCUT2D eigenvalue weighted by atomic mass is 9.63. The van der Waals surface area contributed by atoms with Gasteiger partial charge in [0, 0.05) is 30.2 Å². The summed E-state index contributed by atoms with van der Waals surface area (Å²) < 4.78 is 63.3. The number of anilines is 1. The van der Waals surface area contributed by atoms with Crippen LogP contribution >= 0.6 is 0 Å². The highest BCUT2D eigenvalue weighted by Gasteiger charge is 2.50. The van der Waals surface area contributed by atoms with Gasteiger partial charge in [-0.1, -0.05) is 6.07 Å². The van der Waals surface area contributed by atoms with E-state index in [0.717, 1.165) is 32.0 Å². The first kappa shape index (κ1) is 25.1. The molecule has 2 aromatic carbocycles. The van der Waals surface area contributed by atoms with E-state index in [-0.39, 0.29) is 23.1 Å². The number of hydrogen-bond acceptors (Lipinski definition) is 4. The number of nitrogens with zero attached hydrogens (tertiary/aromatic N) is 1. The molecule has 0 aromatic heterocycles. The molecule has 0 radical (unpaired) electrons. The van der Waals surface area contributed by atoms with Gasteiger partial charge in [0.05, 0.1) is 19.8 Å². The maximum absolute atomic E-state index is 13.5. The third-order valence-corrected chi connectivity index (χ3v) is 7.20. The molecule has 190 valence electrons. The van der Waals surface area contributed by atoms with Gasteiger partial charge < -0.3 is 25.0 Å². The Morgan fingerprint density at radius 2 is 1.86 bits per heavy atom. The minimum atomic E-state index is -4.84. The number of methoxy groups -OCH3 is 2. The first-order chi connectivity index (χ1) is 16.6. The van der Waals surface area contributed by atoms with Crippen LogP contribution in [-0.2, 0) is 11.6 Å². The quantitative estimate of drug-likeness (QED) is 0.571. The summed E-state index contributed by atoms with van der Waals surface area (Å²) in [4.78, 5) is 14.8. The second kappa shape index (κ2) is 9.56. The van der Waals surface area contributed by atoms with E-state index in [1.165, 1.54) is 5.56 Å². The normalized spacial score (nSPS) is 24.5. The van der Waals surface area contributed by atoms with E-state index in [1.54, 1.807) is 14.2 Å². The van der Waals surface area contributed by atoms with Gasteiger partial charge in [-0.15, -0.1) is 0 Å². The van der Waals surface area contributed by atoms with Crippen molar-refractivity contribution in [1.29, 1.82) is 0 Å². The summed E-state index contributed by atoms with van der Waals surface area (Å²) in [7, 11) is 5.28. The average Bonchev–Trinajstić information content (AvgIpc) is 3.15. The molecule has 2 amide bonds. The zero-order valence-corrected chi connectivity index (χ0v) is 19.8. The van der Waals surface area contributed by atoms with Crippen LogP contribution in [0.25, 0.3) is 0 Å². The number of carbonyl (C=O) groups excluding carboxylic acids is 1. The molecular formula is C25H29F4N3O3. The minimum Gasteiger partial charge on any atom is -0.493 e. The van der Waals surface area contributed by atoms with E-state index in [0.29, 0.717) is 30.1 Å². The third-order valence-electron chi connectivity index (χ3n) is 7.20. The Labute approximate surface area is 201 Å². The van der Waals surface area contributed by atoms with Crippen LogP contribution in [-0.4, -0.2) is 51.3 Å². The summed E-state index contributed by atoms with van der Waals surface area (Å²) in [6, 6.07) is 7.67. The van der Waals surface area contributed by atoms with Gasteiger partial charge >= 0.3 is 12.2 Å². The third kappa shape index (κ3) is 5.03. The second-order valence-corrected chi connectivity index (χ2v) is 9.38. The number of alkyl halides is 3. The fraction of sp³-hybridized carbons (Fsp3) is 0.480. The molecule has 0 unspecified atom stereocenters. The van der Waals surface area contributed by atoms with Crippen LogP contribution < -0.4 is 20.1 Å². The number of nitrogens with one attached hydrogen (secondary N) is 2. The highest BCUT2D eigenvalue weighted by Crippen LogP contribution is 2.49. The Morgan fingerprint density at radius 3 is 2.54 bits per heavy atom. The van der Waals surface area contributed by atoms with Crippen LogP contribution in [0.2, 0.25) is 0 Å². The van der Waals surface area contributed by atoms with Gasteiger partial charge in [0.25, 0.3) is 0 Å². The molecular weight excluding hydrogens is 466 g/mol. The number of hydrogen-bond donors (Lipinski definition) is 2. The Hall–Kier alpha value is -3.01. The van der Waals surface area contributed by atoms with Gasteiger partial charge in [0.1, 0.15) is 5.82 Å². The van der Waals surface area contributed by atoms with Gasteiger partial charge in [-0.05, 0) is 68.1 Å². The Balaban J connectivity index is 1.46. The van der Waals surface area contributed by atoms with Crippen molar-refractivity contribution in [2.45, 2.75) is 36.9 Å². The van der Waals surface area contributed by atoms with Crippen molar-refractivity contribution in [2.75, 3.05) is 39.7 Å². The fourth-order valence-corrected chi connectivity index (χ4v) is 5.62. The number of ether oxygens (including phenoxy) is 2. The van der Waals surface area contributed by atoms with Gasteiger partial charge in [0.2, 0.25) is 0 Å². The lowest BCUT2D eigenvalue weighted by Crippen LogP contribution is -2.48. The summed E-state index contributed by atoms with van der Waals surface area (Å²) in [6.45, 7) is 1.74. The van der Waals surface area contributed by atoms with Crippen molar-refractivity contribution < 1.29 is 31.8 Å². The predicted octanol–water partition coefficient (Wildman–Crippen LogP) is 5.04. The summed E-state index contributed by atoms with van der Waals surface area (Å²) in [5.41, 5.74) is -0.464. The van der Waals surface area contributed by atoms with Crippen LogP contribution in [0.15, 0.2) is 36.4 Å². The van der Waals surface area contributed by atoms with E-state index in [9.17, 15) is 22.4 Å². The highest BCUT2D eigenvalue weighted by molar-refractivity contribution is 5.89. The molecule has 1 saturated carbocycles. The van der Waals surface area contributed by atoms with Crippen molar-refractivity contribution >= 4 is 11.7 Å². The van der Waals surface area contributed by atoms with Gasteiger partial charge in [-0.2, -0.15) is 13.2 Å². The Morgan fingerprint density at radius 1 is 1.11 bits per heavy atom. The van der Waals surface area contributed by atoms with Crippen molar-refractivity contribution in [2.24, 2.45) is 5.92 Å². The molecule has 3 atom stereocenters. The molecule has 1 aliphatic heterocycles. The van der Waals surface area contributed by atoms with Crippen LogP contribution in [0.5, 0.6) is 11.5 Å². The van der Waals surface area contributed by atoms with Gasteiger partial charge in [-0.25, -0.2) is 9.18 Å². The molecule has 2 N–H and O–H groups in total. The van der Waals surface area contributed by atoms with Crippen LogP contribution in [0.1, 0.15) is 30.4 Å². The van der Waals surface area contributed by atoms with Gasteiger partial charge in [-0.3, -0.25) is 0 Å². The number of amides is 2. The van der Waals surface area contributed by atoms with Crippen molar-refractivity contribution in [3.8, 4) is 11.5 Å². The highest BCUT2D eigenvalue weighted by atomic mass is 19.4. The first-order valence-electron chi connectivity index (χ1n) is 11.4. The lowest BCUT2D eigenvalue weighted by molar-refractivity contribution is -0.139. The standard InChI is InChI=1S/C25H29F4N3O3/c1-32-13-16-10-18(31-23(33)30-17-5-6-20(26)19(12-17)25(27,28)29)8-9-24(16,14-32)15-4-7-21(34-2)22(11-15)35-3/h4-7,11-12,16,18H,8-10,13-14H2,1-3H3,(H2,30,31,33)/t16-,18-,24+/m1/s1. The monoisotopic (exact) mass is 495 g/mol. The number of urea groups is 1. The molecule has 2 fully saturated rings. The molecule has 1 aliphatic carbocycles. The lowest BCUT2D eigenvalue weighted by Gasteiger charge is -2.42. The Kier molecular flexibility index (Phi) is 6.86. The van der Waals surface area contributed by atoms with E-state index in [2.05, 4.69) is 28.6 Å². The van der Waals surface area contributed by atoms with Crippen LogP contribution in [0.4, 0.5) is 28.0 Å². The molecule has 0 bridgehead atoms. The van der Waals surface area contributed by atoms with E-state index < -0.39 is 23.6 Å².